The smallest absolute Gasteiger partial charge is 0.220 e. The highest BCUT2D eigenvalue weighted by molar-refractivity contribution is 5.76. The molecule has 0 spiro atoms. The van der Waals surface area contributed by atoms with Crippen molar-refractivity contribution in [1.29, 1.82) is 0 Å². The lowest BCUT2D eigenvalue weighted by molar-refractivity contribution is -0.123. The largest absolute Gasteiger partial charge is 0.394 e. The van der Waals surface area contributed by atoms with Crippen LogP contribution < -0.4 is 5.32 Å². The molecule has 0 fully saturated rings. The number of carbonyl (C=O) groups excluding carboxylic acids is 1. The minimum atomic E-state index is -0.872. The van der Waals surface area contributed by atoms with Crippen LogP contribution in [0.2, 0.25) is 0 Å². The summed E-state index contributed by atoms with van der Waals surface area (Å²) < 4.78 is 0. The van der Waals surface area contributed by atoms with E-state index < -0.39 is 12.1 Å². The van der Waals surface area contributed by atoms with Gasteiger partial charge in [0.15, 0.2) is 0 Å². The predicted octanol–water partition coefficient (Wildman–Crippen LogP) is 14.7. The Balaban J connectivity index is 3.63. The summed E-state index contributed by atoms with van der Waals surface area (Å²) in [7, 11) is 0. The average molecular weight is 742 g/mol. The number of carbonyl (C=O) groups is 1. The fourth-order valence-corrected chi connectivity index (χ4v) is 6.91. The van der Waals surface area contributed by atoms with Gasteiger partial charge in [0.1, 0.15) is 0 Å². The molecular formula is C49H91NO3. The molecule has 0 rings (SSSR count). The van der Waals surface area contributed by atoms with Crippen LogP contribution in [0, 0.1) is 0 Å². The van der Waals surface area contributed by atoms with Crippen molar-refractivity contribution in [3.05, 3.63) is 48.6 Å². The van der Waals surface area contributed by atoms with Crippen molar-refractivity contribution >= 4 is 5.91 Å². The van der Waals surface area contributed by atoms with E-state index in [2.05, 4.69) is 55.6 Å². The third-order valence-electron chi connectivity index (χ3n) is 10.5. The van der Waals surface area contributed by atoms with Crippen LogP contribution in [0.25, 0.3) is 0 Å². The van der Waals surface area contributed by atoms with Crippen molar-refractivity contribution in [2.75, 3.05) is 6.61 Å². The molecule has 0 bridgehead atoms. The highest BCUT2D eigenvalue weighted by Gasteiger charge is 2.17. The summed E-state index contributed by atoms with van der Waals surface area (Å²) in [4.78, 5) is 12.4. The van der Waals surface area contributed by atoms with Gasteiger partial charge in [-0.05, 0) is 70.6 Å². The summed E-state index contributed by atoms with van der Waals surface area (Å²) >= 11 is 0. The van der Waals surface area contributed by atoms with Gasteiger partial charge >= 0.3 is 0 Å². The maximum Gasteiger partial charge on any atom is 0.220 e. The highest BCUT2D eigenvalue weighted by Crippen LogP contribution is 2.14. The first kappa shape index (κ1) is 51.4. The number of hydrogen-bond donors (Lipinski definition) is 3. The van der Waals surface area contributed by atoms with Crippen LogP contribution >= 0.6 is 0 Å². The highest BCUT2D eigenvalue weighted by atomic mass is 16.3. The minimum absolute atomic E-state index is 0.0826. The van der Waals surface area contributed by atoms with Gasteiger partial charge in [-0.2, -0.15) is 0 Å². The fourth-order valence-electron chi connectivity index (χ4n) is 6.91. The first-order valence-electron chi connectivity index (χ1n) is 23.4. The van der Waals surface area contributed by atoms with Crippen molar-refractivity contribution in [1.82, 2.24) is 5.32 Å². The summed E-state index contributed by atoms with van der Waals surface area (Å²) in [6, 6.07) is -0.648. The van der Waals surface area contributed by atoms with E-state index in [1.54, 1.807) is 6.08 Å². The Bertz CT molecular complexity index is 847. The van der Waals surface area contributed by atoms with Gasteiger partial charge in [-0.1, -0.05) is 210 Å². The maximum atomic E-state index is 12.4. The lowest BCUT2D eigenvalue weighted by Gasteiger charge is -2.19. The number of aliphatic hydroxyl groups excluding tert-OH is 2. The van der Waals surface area contributed by atoms with Gasteiger partial charge < -0.3 is 15.5 Å². The Morgan fingerprint density at radius 3 is 1.09 bits per heavy atom. The van der Waals surface area contributed by atoms with Crippen molar-refractivity contribution in [3.63, 3.8) is 0 Å². The molecular weight excluding hydrogens is 651 g/mol. The van der Waals surface area contributed by atoms with Gasteiger partial charge in [-0.25, -0.2) is 0 Å². The monoisotopic (exact) mass is 742 g/mol. The van der Waals surface area contributed by atoms with Crippen LogP contribution in [-0.2, 0) is 4.79 Å². The SMILES string of the molecule is CCCCCCCC/C=C\CCCCCCCCCC(=O)NC(CO)C(O)/C=C/CC/C=C/CC/C=C/CCCCCCCCCCCCCCCC. The summed E-state index contributed by atoms with van der Waals surface area (Å²) in [5, 5.41) is 23.0. The summed E-state index contributed by atoms with van der Waals surface area (Å²) in [5.74, 6) is -0.0826. The third-order valence-corrected chi connectivity index (χ3v) is 10.5. The van der Waals surface area contributed by atoms with E-state index in [0.717, 1.165) is 38.5 Å². The molecule has 0 aromatic carbocycles. The molecule has 0 aliphatic carbocycles. The summed E-state index contributed by atoms with van der Waals surface area (Å²) in [6.07, 6.45) is 60.9. The van der Waals surface area contributed by atoms with Crippen molar-refractivity contribution in [2.45, 2.75) is 251 Å². The lowest BCUT2D eigenvalue weighted by Crippen LogP contribution is -2.45. The van der Waals surface area contributed by atoms with E-state index in [1.807, 2.05) is 6.08 Å². The standard InChI is InChI=1S/C49H91NO3/c1-3-5-7-9-11-13-15-17-19-21-22-23-24-25-26-27-29-30-32-34-36-38-40-42-44-48(52)47(46-51)50-49(53)45-43-41-39-37-35-33-31-28-20-18-16-14-12-10-8-6-4-2/h18,20,27,29,34,36,42,44,47-48,51-52H,3-17,19,21-26,28,30-33,35,37-41,43,45-46H2,1-2H3,(H,50,53)/b20-18-,29-27+,36-34+,44-42+. The van der Waals surface area contributed by atoms with E-state index in [9.17, 15) is 15.0 Å². The van der Waals surface area contributed by atoms with Gasteiger partial charge in [0, 0.05) is 6.42 Å². The van der Waals surface area contributed by atoms with Gasteiger partial charge in [0.25, 0.3) is 0 Å². The summed E-state index contributed by atoms with van der Waals surface area (Å²) in [5.41, 5.74) is 0. The minimum Gasteiger partial charge on any atom is -0.394 e. The Morgan fingerprint density at radius 2 is 0.736 bits per heavy atom. The molecule has 0 aromatic rings. The Hall–Kier alpha value is -1.65. The van der Waals surface area contributed by atoms with E-state index in [-0.39, 0.29) is 12.5 Å². The van der Waals surface area contributed by atoms with Gasteiger partial charge in [0.05, 0.1) is 18.8 Å². The van der Waals surface area contributed by atoms with Gasteiger partial charge in [-0.15, -0.1) is 0 Å². The molecule has 1 amide bonds. The van der Waals surface area contributed by atoms with Crippen LogP contribution in [0.3, 0.4) is 0 Å². The van der Waals surface area contributed by atoms with Crippen molar-refractivity contribution in [2.24, 2.45) is 0 Å². The topological polar surface area (TPSA) is 69.6 Å². The Morgan fingerprint density at radius 1 is 0.434 bits per heavy atom. The first-order chi connectivity index (χ1) is 26.2. The van der Waals surface area contributed by atoms with E-state index in [1.165, 1.54) is 180 Å². The third kappa shape index (κ3) is 41.4. The zero-order valence-electron chi connectivity index (χ0n) is 35.5. The number of rotatable bonds is 42. The second-order valence-electron chi connectivity index (χ2n) is 15.8. The maximum absolute atomic E-state index is 12.4. The van der Waals surface area contributed by atoms with Crippen LogP contribution in [-0.4, -0.2) is 34.9 Å². The molecule has 0 heterocycles. The molecule has 2 unspecified atom stereocenters. The number of aliphatic hydroxyl groups is 2. The molecule has 310 valence electrons. The average Bonchev–Trinajstić information content (AvgIpc) is 3.16. The molecule has 3 N–H and O–H groups in total. The number of amides is 1. The molecule has 4 heteroatoms. The molecule has 0 aromatic heterocycles. The van der Waals surface area contributed by atoms with Crippen LogP contribution in [0.5, 0.6) is 0 Å². The van der Waals surface area contributed by atoms with E-state index in [0.29, 0.717) is 6.42 Å². The number of unbranched alkanes of at least 4 members (excludes halogenated alkanes) is 29. The number of hydrogen-bond acceptors (Lipinski definition) is 3. The molecule has 0 radical (unpaired) electrons. The zero-order valence-corrected chi connectivity index (χ0v) is 35.5. The summed E-state index contributed by atoms with van der Waals surface area (Å²) in [6.45, 7) is 4.29. The van der Waals surface area contributed by atoms with Crippen molar-refractivity contribution < 1.29 is 15.0 Å². The molecule has 0 aliphatic rings. The molecule has 2 atom stereocenters. The molecule has 53 heavy (non-hydrogen) atoms. The first-order valence-corrected chi connectivity index (χ1v) is 23.4. The van der Waals surface area contributed by atoms with Gasteiger partial charge in [-0.3, -0.25) is 4.79 Å². The quantitative estimate of drug-likeness (QED) is 0.0431. The number of allylic oxidation sites excluding steroid dienone is 7. The normalized spacial score (nSPS) is 13.4. The molecule has 0 saturated heterocycles. The molecule has 0 aliphatic heterocycles. The Labute approximate surface area is 331 Å². The van der Waals surface area contributed by atoms with Crippen LogP contribution in [0.1, 0.15) is 239 Å². The van der Waals surface area contributed by atoms with E-state index in [4.69, 9.17) is 0 Å². The molecule has 0 saturated carbocycles. The second-order valence-corrected chi connectivity index (χ2v) is 15.8. The van der Waals surface area contributed by atoms with Crippen molar-refractivity contribution in [3.8, 4) is 0 Å². The van der Waals surface area contributed by atoms with Gasteiger partial charge in [0.2, 0.25) is 5.91 Å². The van der Waals surface area contributed by atoms with E-state index >= 15 is 0 Å². The Kier molecular flexibility index (Phi) is 43.4. The lowest BCUT2D eigenvalue weighted by atomic mass is 10.0. The number of nitrogens with one attached hydrogen (secondary N) is 1. The van der Waals surface area contributed by atoms with Crippen LogP contribution in [0.15, 0.2) is 48.6 Å². The second kappa shape index (κ2) is 44.7. The predicted molar refractivity (Wildman–Crippen MR) is 235 cm³/mol. The zero-order chi connectivity index (χ0) is 38.6. The fraction of sp³-hybridized carbons (Fsp3) is 0.816. The molecule has 4 nitrogen and oxygen atoms in total. The van der Waals surface area contributed by atoms with Crippen LogP contribution in [0.4, 0.5) is 0 Å².